The van der Waals surface area contributed by atoms with Gasteiger partial charge < -0.3 is 23.7 Å². The molecule has 0 saturated carbocycles. The first kappa shape index (κ1) is 33.9. The number of carbonyl (C=O) groups is 1. The van der Waals surface area contributed by atoms with Crippen LogP contribution in [-0.2, 0) is 16.1 Å². The van der Waals surface area contributed by atoms with E-state index in [2.05, 4.69) is 20.9 Å². The normalized spacial score (nSPS) is 14.5. The van der Waals surface area contributed by atoms with Crippen molar-refractivity contribution in [3.8, 4) is 23.0 Å². The van der Waals surface area contributed by atoms with Gasteiger partial charge in [0.05, 0.1) is 48.8 Å². The van der Waals surface area contributed by atoms with E-state index >= 15 is 0 Å². The van der Waals surface area contributed by atoms with Gasteiger partial charge in [0, 0.05) is 15.6 Å². The maximum atomic E-state index is 14.4. The van der Waals surface area contributed by atoms with Crippen molar-refractivity contribution in [1.82, 2.24) is 4.57 Å². The second kappa shape index (κ2) is 14.6. The summed E-state index contributed by atoms with van der Waals surface area (Å²) in [4.78, 5) is 32.7. The van der Waals surface area contributed by atoms with Crippen LogP contribution in [0.2, 0.25) is 0 Å². The van der Waals surface area contributed by atoms with E-state index in [1.807, 2.05) is 13.8 Å². The standard InChI is InChI=1S/C35H34BrFN2O7S/c1-7-44-34(41)30-20(4)38-35-39(31(30)21-12-13-26(46-19(2)3)27(15-21)42-5)33(40)29(47-35)16-23-14-24(36)17-28(43-6)32(23)45-18-22-10-8-9-11-25(22)37/h8-17,19,31H,7,18H2,1-6H3/b29-16+/t31-/m1/s1. The predicted molar refractivity (Wildman–Crippen MR) is 181 cm³/mol. The monoisotopic (exact) mass is 724 g/mol. The van der Waals surface area contributed by atoms with Crippen molar-refractivity contribution < 1.29 is 32.9 Å². The summed E-state index contributed by atoms with van der Waals surface area (Å²) in [6.45, 7) is 7.35. The zero-order valence-electron chi connectivity index (χ0n) is 26.8. The van der Waals surface area contributed by atoms with E-state index in [0.717, 1.165) is 0 Å². The number of allylic oxidation sites excluding steroid dienone is 1. The lowest BCUT2D eigenvalue weighted by Crippen LogP contribution is -2.40. The van der Waals surface area contributed by atoms with E-state index in [4.69, 9.17) is 23.7 Å². The smallest absolute Gasteiger partial charge is 0.338 e. The lowest BCUT2D eigenvalue weighted by atomic mass is 9.95. The summed E-state index contributed by atoms with van der Waals surface area (Å²) in [6, 6.07) is 14.3. The molecule has 47 heavy (non-hydrogen) atoms. The molecule has 246 valence electrons. The van der Waals surface area contributed by atoms with E-state index in [0.29, 0.717) is 59.2 Å². The van der Waals surface area contributed by atoms with Gasteiger partial charge in [0.2, 0.25) is 0 Å². The van der Waals surface area contributed by atoms with E-state index < -0.39 is 17.8 Å². The molecule has 9 nitrogen and oxygen atoms in total. The van der Waals surface area contributed by atoms with Gasteiger partial charge in [-0.3, -0.25) is 9.36 Å². The molecule has 0 aliphatic carbocycles. The molecule has 12 heteroatoms. The van der Waals surface area contributed by atoms with Gasteiger partial charge in [-0.05, 0) is 69.7 Å². The molecular weight excluding hydrogens is 691 g/mol. The lowest BCUT2D eigenvalue weighted by molar-refractivity contribution is -0.139. The van der Waals surface area contributed by atoms with Gasteiger partial charge in [0.1, 0.15) is 12.4 Å². The number of nitrogens with zero attached hydrogens (tertiary/aromatic N) is 2. The summed E-state index contributed by atoms with van der Waals surface area (Å²) in [5.41, 5.74) is 1.79. The summed E-state index contributed by atoms with van der Waals surface area (Å²) in [6.07, 6.45) is 1.58. The van der Waals surface area contributed by atoms with Gasteiger partial charge in [-0.1, -0.05) is 51.5 Å². The van der Waals surface area contributed by atoms with E-state index in [1.165, 1.54) is 36.2 Å². The fourth-order valence-corrected chi connectivity index (χ4v) is 6.71. The van der Waals surface area contributed by atoms with Crippen molar-refractivity contribution in [1.29, 1.82) is 0 Å². The highest BCUT2D eigenvalue weighted by Crippen LogP contribution is 2.38. The average Bonchev–Trinajstić information content (AvgIpc) is 3.34. The number of thiazole rings is 1. The second-order valence-corrected chi connectivity index (χ2v) is 12.7. The number of esters is 1. The fourth-order valence-electron chi connectivity index (χ4n) is 5.22. The highest BCUT2D eigenvalue weighted by molar-refractivity contribution is 9.10. The SMILES string of the molecule is CCOC(=O)C1=C(C)N=c2s/c(=C/c3cc(Br)cc(OC)c3OCc3ccccc3F)c(=O)n2[C@@H]1c1ccc(OC(C)C)c(OC)c1. The second-order valence-electron chi connectivity index (χ2n) is 10.8. The number of rotatable bonds is 11. The molecule has 0 N–H and O–H groups in total. The first-order chi connectivity index (χ1) is 22.6. The van der Waals surface area contributed by atoms with E-state index in [-0.39, 0.29) is 30.5 Å². The van der Waals surface area contributed by atoms with Crippen LogP contribution in [0, 0.1) is 5.82 Å². The van der Waals surface area contributed by atoms with Crippen LogP contribution in [0.4, 0.5) is 4.39 Å². The summed E-state index contributed by atoms with van der Waals surface area (Å²) in [7, 11) is 3.03. The van der Waals surface area contributed by atoms with E-state index in [1.54, 1.807) is 68.5 Å². The van der Waals surface area contributed by atoms with Crippen molar-refractivity contribution >= 4 is 39.3 Å². The topological polar surface area (TPSA) is 97.6 Å². The minimum Gasteiger partial charge on any atom is -0.493 e. The largest absolute Gasteiger partial charge is 0.493 e. The maximum Gasteiger partial charge on any atom is 0.338 e. The molecule has 5 rings (SSSR count). The number of aromatic nitrogens is 1. The van der Waals surface area contributed by atoms with Crippen LogP contribution in [-0.4, -0.2) is 37.5 Å². The van der Waals surface area contributed by atoms with Crippen molar-refractivity contribution in [2.75, 3.05) is 20.8 Å². The van der Waals surface area contributed by atoms with Crippen LogP contribution < -0.4 is 33.8 Å². The highest BCUT2D eigenvalue weighted by atomic mass is 79.9. The molecule has 0 unspecified atom stereocenters. The van der Waals surface area contributed by atoms with Crippen LogP contribution in [0.1, 0.15) is 50.4 Å². The summed E-state index contributed by atoms with van der Waals surface area (Å²) < 4.78 is 45.6. The third kappa shape index (κ3) is 7.13. The Labute approximate surface area is 283 Å². The molecule has 1 atom stereocenters. The number of fused-ring (bicyclic) bond motifs is 1. The Balaban J connectivity index is 1.68. The molecule has 4 aromatic rings. The fraction of sp³-hybridized carbons (Fsp3) is 0.286. The van der Waals surface area contributed by atoms with E-state index in [9.17, 15) is 14.0 Å². The van der Waals surface area contributed by atoms with Gasteiger partial charge in [0.25, 0.3) is 5.56 Å². The summed E-state index contributed by atoms with van der Waals surface area (Å²) in [5.74, 6) is 0.735. The molecule has 0 fully saturated rings. The van der Waals surface area contributed by atoms with Crippen LogP contribution >= 0.6 is 27.3 Å². The van der Waals surface area contributed by atoms with Crippen molar-refractivity contribution in [2.24, 2.45) is 4.99 Å². The molecule has 0 amide bonds. The van der Waals surface area contributed by atoms with Crippen LogP contribution in [0.25, 0.3) is 6.08 Å². The predicted octanol–water partition coefficient (Wildman–Crippen LogP) is 6.08. The molecule has 0 bridgehead atoms. The number of carbonyl (C=O) groups excluding carboxylic acids is 1. The number of methoxy groups -OCH3 is 2. The number of benzene rings is 3. The molecule has 2 heterocycles. The third-order valence-electron chi connectivity index (χ3n) is 7.27. The van der Waals surface area contributed by atoms with Crippen molar-refractivity contribution in [3.05, 3.63) is 113 Å². The van der Waals surface area contributed by atoms with Gasteiger partial charge in [0.15, 0.2) is 27.8 Å². The Morgan fingerprint density at radius 3 is 2.51 bits per heavy atom. The molecule has 3 aromatic carbocycles. The third-order valence-corrected chi connectivity index (χ3v) is 8.71. The quantitative estimate of drug-likeness (QED) is 0.173. The first-order valence-corrected chi connectivity index (χ1v) is 16.4. The van der Waals surface area contributed by atoms with Crippen molar-refractivity contribution in [2.45, 2.75) is 46.4 Å². The molecular formula is C35H34BrFN2O7S. The van der Waals surface area contributed by atoms with Crippen molar-refractivity contribution in [3.63, 3.8) is 0 Å². The maximum absolute atomic E-state index is 14.4. The van der Waals surface area contributed by atoms with Gasteiger partial charge in [-0.25, -0.2) is 14.2 Å². The lowest BCUT2D eigenvalue weighted by Gasteiger charge is -2.25. The molecule has 0 radical (unpaired) electrons. The minimum atomic E-state index is -0.858. The van der Waals surface area contributed by atoms with Gasteiger partial charge >= 0.3 is 5.97 Å². The number of hydrogen-bond donors (Lipinski definition) is 0. The Bertz CT molecular complexity index is 2040. The Morgan fingerprint density at radius 2 is 1.83 bits per heavy atom. The van der Waals surface area contributed by atoms with Gasteiger partial charge in [-0.15, -0.1) is 0 Å². The van der Waals surface area contributed by atoms with Crippen LogP contribution in [0.15, 0.2) is 80.1 Å². The molecule has 1 aliphatic heterocycles. The average molecular weight is 726 g/mol. The molecule has 1 aliphatic rings. The number of hydrogen-bond acceptors (Lipinski definition) is 9. The Kier molecular flexibility index (Phi) is 10.5. The molecule has 0 spiro atoms. The Hall–Kier alpha value is -4.42. The molecule has 0 saturated heterocycles. The zero-order chi connectivity index (χ0) is 33.8. The Morgan fingerprint density at radius 1 is 1.09 bits per heavy atom. The molecule has 1 aromatic heterocycles. The number of ether oxygens (including phenoxy) is 5. The van der Waals surface area contributed by atoms with Gasteiger partial charge in [-0.2, -0.15) is 0 Å². The first-order valence-electron chi connectivity index (χ1n) is 14.8. The summed E-state index contributed by atoms with van der Waals surface area (Å²) in [5, 5.41) is 0. The minimum absolute atomic E-state index is 0.0623. The van der Waals surface area contributed by atoms with Crippen LogP contribution in [0.3, 0.4) is 0 Å². The zero-order valence-corrected chi connectivity index (χ0v) is 29.2. The number of halogens is 2. The summed E-state index contributed by atoms with van der Waals surface area (Å²) >= 11 is 4.68. The highest BCUT2D eigenvalue weighted by Gasteiger charge is 2.34. The van der Waals surface area contributed by atoms with Crippen LogP contribution in [0.5, 0.6) is 23.0 Å².